The largest absolute Gasteiger partial charge is 0.416 e. The summed E-state index contributed by atoms with van der Waals surface area (Å²) in [5.74, 6) is 1.34. The van der Waals surface area contributed by atoms with Gasteiger partial charge in [-0.2, -0.15) is 13.2 Å². The van der Waals surface area contributed by atoms with Crippen LogP contribution in [0.25, 0.3) is 11.0 Å². The van der Waals surface area contributed by atoms with Crippen molar-refractivity contribution in [3.8, 4) is 0 Å². The van der Waals surface area contributed by atoms with Crippen LogP contribution in [0.2, 0.25) is 0 Å². The molecule has 1 aromatic carbocycles. The molecule has 1 saturated carbocycles. The zero-order valence-corrected chi connectivity index (χ0v) is 12.6. The smallest absolute Gasteiger partial charge is 0.321 e. The molecule has 1 aliphatic rings. The van der Waals surface area contributed by atoms with Gasteiger partial charge in [-0.25, -0.2) is 4.98 Å². The molecule has 6 heteroatoms. The molecule has 0 N–H and O–H groups in total. The molecule has 1 aromatic heterocycles. The van der Waals surface area contributed by atoms with Gasteiger partial charge in [-0.3, -0.25) is 0 Å². The van der Waals surface area contributed by atoms with E-state index in [0.29, 0.717) is 17.3 Å². The number of alkyl halides is 4. The summed E-state index contributed by atoms with van der Waals surface area (Å²) in [5.41, 5.74) is 0.216. The zero-order valence-electron chi connectivity index (χ0n) is 11.8. The number of rotatable bonds is 3. The summed E-state index contributed by atoms with van der Waals surface area (Å²) < 4.78 is 40.5. The molecule has 0 unspecified atom stereocenters. The van der Waals surface area contributed by atoms with E-state index >= 15 is 0 Å². The summed E-state index contributed by atoms with van der Waals surface area (Å²) in [5, 5.41) is 0. The van der Waals surface area contributed by atoms with Gasteiger partial charge in [0, 0.05) is 5.54 Å². The molecule has 0 atom stereocenters. The SMILES string of the molecule is CC(C)(C1CC1)n1c(CCl)nc2cc(C(F)(F)F)ccc21. The molecule has 3 rings (SSSR count). The van der Waals surface area contributed by atoms with E-state index in [-0.39, 0.29) is 11.4 Å². The first-order valence-corrected chi connectivity index (χ1v) is 7.43. The van der Waals surface area contributed by atoms with Crippen molar-refractivity contribution in [2.24, 2.45) is 5.92 Å². The molecule has 0 saturated heterocycles. The summed E-state index contributed by atoms with van der Waals surface area (Å²) in [7, 11) is 0. The van der Waals surface area contributed by atoms with Crippen molar-refractivity contribution in [3.63, 3.8) is 0 Å². The quantitative estimate of drug-likeness (QED) is 0.733. The van der Waals surface area contributed by atoms with E-state index in [1.54, 1.807) is 0 Å². The molecule has 0 aliphatic heterocycles. The Balaban J connectivity index is 2.20. The van der Waals surface area contributed by atoms with Gasteiger partial charge in [0.15, 0.2) is 0 Å². The van der Waals surface area contributed by atoms with Crippen LogP contribution in [0.4, 0.5) is 13.2 Å². The van der Waals surface area contributed by atoms with Crippen LogP contribution < -0.4 is 0 Å². The maximum Gasteiger partial charge on any atom is 0.416 e. The van der Waals surface area contributed by atoms with E-state index in [9.17, 15) is 13.2 Å². The van der Waals surface area contributed by atoms with Gasteiger partial charge in [0.1, 0.15) is 5.82 Å². The minimum Gasteiger partial charge on any atom is -0.321 e. The number of benzene rings is 1. The molecule has 0 spiro atoms. The second-order valence-corrected chi connectivity index (χ2v) is 6.39. The molecular formula is C15H16ClF3N2. The molecule has 1 fully saturated rings. The van der Waals surface area contributed by atoms with Gasteiger partial charge in [0.05, 0.1) is 22.5 Å². The van der Waals surface area contributed by atoms with E-state index in [1.165, 1.54) is 6.07 Å². The van der Waals surface area contributed by atoms with Crippen molar-refractivity contribution in [2.75, 3.05) is 0 Å². The molecular weight excluding hydrogens is 301 g/mol. The summed E-state index contributed by atoms with van der Waals surface area (Å²) in [6, 6.07) is 3.72. The number of aromatic nitrogens is 2. The second-order valence-electron chi connectivity index (χ2n) is 6.13. The number of fused-ring (bicyclic) bond motifs is 1. The van der Waals surface area contributed by atoms with Crippen molar-refractivity contribution in [1.82, 2.24) is 9.55 Å². The van der Waals surface area contributed by atoms with Crippen molar-refractivity contribution in [3.05, 3.63) is 29.6 Å². The normalized spacial score (nSPS) is 16.7. The van der Waals surface area contributed by atoms with Gasteiger partial charge in [-0.05, 0) is 50.8 Å². The molecule has 2 nitrogen and oxygen atoms in total. The van der Waals surface area contributed by atoms with Crippen molar-refractivity contribution >= 4 is 22.6 Å². The van der Waals surface area contributed by atoms with Gasteiger partial charge in [0.2, 0.25) is 0 Å². The van der Waals surface area contributed by atoms with Gasteiger partial charge in [-0.15, -0.1) is 11.6 Å². The Morgan fingerprint density at radius 1 is 1.29 bits per heavy atom. The maximum absolute atomic E-state index is 12.8. The van der Waals surface area contributed by atoms with Crippen LogP contribution in [0.1, 0.15) is 38.1 Å². The lowest BCUT2D eigenvalue weighted by atomic mass is 9.97. The topological polar surface area (TPSA) is 17.8 Å². The molecule has 1 heterocycles. The average molecular weight is 317 g/mol. The van der Waals surface area contributed by atoms with Crippen LogP contribution in [0.5, 0.6) is 0 Å². The Hall–Kier alpha value is -1.23. The van der Waals surface area contributed by atoms with E-state index in [4.69, 9.17) is 11.6 Å². The molecule has 21 heavy (non-hydrogen) atoms. The Bertz CT molecular complexity index is 684. The van der Waals surface area contributed by atoms with Crippen molar-refractivity contribution < 1.29 is 13.2 Å². The number of imidazole rings is 1. The monoisotopic (exact) mass is 316 g/mol. The van der Waals surface area contributed by atoms with Crippen LogP contribution in [0.15, 0.2) is 18.2 Å². The predicted octanol–water partition coefficient (Wildman–Crippen LogP) is 4.94. The minimum atomic E-state index is -4.36. The molecule has 2 aromatic rings. The maximum atomic E-state index is 12.8. The second kappa shape index (κ2) is 4.63. The van der Waals surface area contributed by atoms with E-state index < -0.39 is 11.7 Å². The van der Waals surface area contributed by atoms with Crippen LogP contribution >= 0.6 is 11.6 Å². The minimum absolute atomic E-state index is 0.182. The first kappa shape index (κ1) is 14.7. The molecule has 0 bridgehead atoms. The standard InChI is InChI=1S/C15H16ClF3N2/c1-14(2,9-3-4-9)21-12-6-5-10(15(17,18)19)7-11(12)20-13(21)8-16/h5-7,9H,3-4,8H2,1-2H3. The van der Waals surface area contributed by atoms with Crippen molar-refractivity contribution in [1.29, 1.82) is 0 Å². The lowest BCUT2D eigenvalue weighted by Crippen LogP contribution is -2.30. The van der Waals surface area contributed by atoms with Crippen LogP contribution in [0, 0.1) is 5.92 Å². The third-order valence-electron chi connectivity index (χ3n) is 4.32. The lowest BCUT2D eigenvalue weighted by Gasteiger charge is -2.29. The van der Waals surface area contributed by atoms with Gasteiger partial charge < -0.3 is 4.57 Å². The fourth-order valence-corrected chi connectivity index (χ4v) is 3.19. The van der Waals surface area contributed by atoms with Gasteiger partial charge in [-0.1, -0.05) is 0 Å². The molecule has 1 aliphatic carbocycles. The highest BCUT2D eigenvalue weighted by Gasteiger charge is 2.41. The van der Waals surface area contributed by atoms with Crippen molar-refractivity contribution in [2.45, 2.75) is 44.3 Å². The van der Waals surface area contributed by atoms with E-state index in [0.717, 1.165) is 30.5 Å². The third-order valence-corrected chi connectivity index (χ3v) is 4.56. The van der Waals surface area contributed by atoms with Gasteiger partial charge >= 0.3 is 6.18 Å². The number of halogens is 4. The number of hydrogen-bond donors (Lipinski definition) is 0. The Kier molecular flexibility index (Phi) is 3.24. The number of hydrogen-bond acceptors (Lipinski definition) is 1. The highest BCUT2D eigenvalue weighted by atomic mass is 35.5. The Morgan fingerprint density at radius 2 is 1.95 bits per heavy atom. The van der Waals surface area contributed by atoms with Crippen LogP contribution in [0.3, 0.4) is 0 Å². The summed E-state index contributed by atoms with van der Waals surface area (Å²) in [6.45, 7) is 4.19. The Morgan fingerprint density at radius 3 is 2.48 bits per heavy atom. The molecule has 0 radical (unpaired) electrons. The summed E-state index contributed by atoms with van der Waals surface area (Å²) in [4.78, 5) is 4.31. The summed E-state index contributed by atoms with van der Waals surface area (Å²) >= 11 is 5.96. The predicted molar refractivity (Wildman–Crippen MR) is 76.3 cm³/mol. The first-order chi connectivity index (χ1) is 9.75. The fourth-order valence-electron chi connectivity index (χ4n) is 3.01. The van der Waals surface area contributed by atoms with E-state index in [2.05, 4.69) is 18.8 Å². The third kappa shape index (κ3) is 2.41. The molecule has 114 valence electrons. The fraction of sp³-hybridized carbons (Fsp3) is 0.533. The Labute approximate surface area is 125 Å². The lowest BCUT2D eigenvalue weighted by molar-refractivity contribution is -0.137. The van der Waals surface area contributed by atoms with Gasteiger partial charge in [0.25, 0.3) is 0 Å². The van der Waals surface area contributed by atoms with E-state index in [1.807, 2.05) is 4.57 Å². The van der Waals surface area contributed by atoms with Crippen LogP contribution in [-0.2, 0) is 17.6 Å². The van der Waals surface area contributed by atoms with Crippen LogP contribution in [-0.4, -0.2) is 9.55 Å². The average Bonchev–Trinajstić information content (AvgIpc) is 3.17. The highest BCUT2D eigenvalue weighted by Crippen LogP contribution is 2.46. The summed E-state index contributed by atoms with van der Waals surface area (Å²) in [6.07, 6.45) is -2.09. The number of nitrogens with zero attached hydrogens (tertiary/aromatic N) is 2. The highest BCUT2D eigenvalue weighted by molar-refractivity contribution is 6.16. The zero-order chi connectivity index (χ0) is 15.4. The first-order valence-electron chi connectivity index (χ1n) is 6.90. The molecule has 0 amide bonds.